The van der Waals surface area contributed by atoms with Gasteiger partial charge in [-0.15, -0.1) is 0 Å². The van der Waals surface area contributed by atoms with E-state index in [1.165, 1.54) is 0 Å². The van der Waals surface area contributed by atoms with E-state index in [-0.39, 0.29) is 12.0 Å². The van der Waals surface area contributed by atoms with Crippen LogP contribution in [0, 0.1) is 5.92 Å². The molecule has 0 saturated carbocycles. The molecule has 1 aliphatic heterocycles. The van der Waals surface area contributed by atoms with Gasteiger partial charge in [0.2, 0.25) is 0 Å². The lowest BCUT2D eigenvalue weighted by Gasteiger charge is -2.24. The Morgan fingerprint density at radius 2 is 2.17 bits per heavy atom. The molecule has 1 fully saturated rings. The van der Waals surface area contributed by atoms with Crippen molar-refractivity contribution in [3.63, 3.8) is 0 Å². The third-order valence-electron chi connectivity index (χ3n) is 3.54. The van der Waals surface area contributed by atoms with Crippen LogP contribution < -0.4 is 0 Å². The number of rotatable bonds is 3. The van der Waals surface area contributed by atoms with E-state index in [4.69, 9.17) is 28.3 Å². The highest BCUT2D eigenvalue weighted by Crippen LogP contribution is 2.31. The van der Waals surface area contributed by atoms with Crippen LogP contribution in [0.2, 0.25) is 10.0 Å². The number of aliphatic carboxylic acids is 1. The maximum absolute atomic E-state index is 10.9. The molecule has 2 rings (SSSR count). The van der Waals surface area contributed by atoms with Gasteiger partial charge in [-0.25, -0.2) is 0 Å². The maximum Gasteiger partial charge on any atom is 0.307 e. The normalized spacial score (nSPS) is 22.1. The fraction of sp³-hybridized carbons (Fsp3) is 0.462. The van der Waals surface area contributed by atoms with Gasteiger partial charge in [0.05, 0.1) is 16.0 Å². The van der Waals surface area contributed by atoms with Crippen molar-refractivity contribution in [1.82, 2.24) is 4.90 Å². The van der Waals surface area contributed by atoms with E-state index in [1.54, 1.807) is 6.07 Å². The van der Waals surface area contributed by atoms with Crippen LogP contribution in [-0.4, -0.2) is 29.1 Å². The minimum atomic E-state index is -0.709. The molecule has 5 heteroatoms. The predicted octanol–water partition coefficient (Wildman–Crippen LogP) is 3.46. The van der Waals surface area contributed by atoms with Gasteiger partial charge in [0.1, 0.15) is 0 Å². The van der Waals surface area contributed by atoms with Crippen molar-refractivity contribution in [3.8, 4) is 0 Å². The molecule has 0 aromatic heterocycles. The van der Waals surface area contributed by atoms with Gasteiger partial charge in [0.15, 0.2) is 0 Å². The first-order valence-electron chi connectivity index (χ1n) is 5.91. The molecule has 3 nitrogen and oxygen atoms in total. The summed E-state index contributed by atoms with van der Waals surface area (Å²) in [5.74, 6) is -0.964. The fourth-order valence-electron chi connectivity index (χ4n) is 2.32. The van der Waals surface area contributed by atoms with E-state index >= 15 is 0 Å². The van der Waals surface area contributed by atoms with Gasteiger partial charge in [-0.1, -0.05) is 29.3 Å². The van der Waals surface area contributed by atoms with E-state index in [9.17, 15) is 4.79 Å². The minimum absolute atomic E-state index is 0.157. The molecule has 0 radical (unpaired) electrons. The first kappa shape index (κ1) is 13.7. The number of carbonyl (C=O) groups is 1. The highest BCUT2D eigenvalue weighted by Gasteiger charge is 2.31. The first-order valence-corrected chi connectivity index (χ1v) is 6.66. The highest BCUT2D eigenvalue weighted by molar-refractivity contribution is 6.42. The summed E-state index contributed by atoms with van der Waals surface area (Å²) in [4.78, 5) is 13.1. The Labute approximate surface area is 116 Å². The van der Waals surface area contributed by atoms with Gasteiger partial charge in [-0.2, -0.15) is 0 Å². The molecule has 0 amide bonds. The molecule has 1 aliphatic rings. The number of hydrogen-bond donors (Lipinski definition) is 1. The topological polar surface area (TPSA) is 40.5 Å². The van der Waals surface area contributed by atoms with Gasteiger partial charge in [-0.3, -0.25) is 9.69 Å². The van der Waals surface area contributed by atoms with E-state index in [2.05, 4.69) is 11.8 Å². The molecule has 18 heavy (non-hydrogen) atoms. The van der Waals surface area contributed by atoms with Crippen molar-refractivity contribution in [2.45, 2.75) is 19.4 Å². The average Bonchev–Trinajstić information content (AvgIpc) is 2.81. The zero-order chi connectivity index (χ0) is 13.3. The Morgan fingerprint density at radius 1 is 1.44 bits per heavy atom. The molecule has 98 valence electrons. The van der Waals surface area contributed by atoms with E-state index in [1.807, 2.05) is 12.1 Å². The summed E-state index contributed by atoms with van der Waals surface area (Å²) in [5, 5.41) is 10.1. The number of benzene rings is 1. The smallest absolute Gasteiger partial charge is 0.307 e. The van der Waals surface area contributed by atoms with Crippen molar-refractivity contribution < 1.29 is 9.90 Å². The monoisotopic (exact) mass is 287 g/mol. The van der Waals surface area contributed by atoms with Crippen molar-refractivity contribution in [1.29, 1.82) is 0 Å². The molecule has 1 aromatic rings. The number of carboxylic acid groups (broad SMARTS) is 1. The third kappa shape index (κ3) is 2.79. The van der Waals surface area contributed by atoms with Crippen LogP contribution in [-0.2, 0) is 4.79 Å². The third-order valence-corrected chi connectivity index (χ3v) is 4.28. The summed E-state index contributed by atoms with van der Waals surface area (Å²) >= 11 is 11.9. The lowest BCUT2D eigenvalue weighted by Crippen LogP contribution is -2.26. The summed E-state index contributed by atoms with van der Waals surface area (Å²) in [6, 6.07) is 5.72. The predicted molar refractivity (Wildman–Crippen MR) is 72.2 cm³/mol. The second kappa shape index (κ2) is 5.47. The van der Waals surface area contributed by atoms with Crippen LogP contribution in [0.5, 0.6) is 0 Å². The van der Waals surface area contributed by atoms with Crippen molar-refractivity contribution in [3.05, 3.63) is 33.8 Å². The number of likely N-dealkylation sites (tertiary alicyclic amines) is 1. The quantitative estimate of drug-likeness (QED) is 0.926. The molecule has 0 unspecified atom stereocenters. The highest BCUT2D eigenvalue weighted by atomic mass is 35.5. The lowest BCUT2D eigenvalue weighted by molar-refractivity contribution is -0.141. The zero-order valence-corrected chi connectivity index (χ0v) is 11.6. The first-order chi connectivity index (χ1) is 8.49. The zero-order valence-electron chi connectivity index (χ0n) is 10.1. The molecule has 0 spiro atoms. The van der Waals surface area contributed by atoms with Crippen LogP contribution >= 0.6 is 23.2 Å². The summed E-state index contributed by atoms with van der Waals surface area (Å²) < 4.78 is 0. The van der Waals surface area contributed by atoms with Crippen LogP contribution in [0.1, 0.15) is 24.9 Å². The second-order valence-electron chi connectivity index (χ2n) is 4.67. The molecule has 1 heterocycles. The molecular formula is C13H15Cl2NO2. The second-order valence-corrected chi connectivity index (χ2v) is 5.48. The average molecular weight is 288 g/mol. The molecule has 1 saturated heterocycles. The van der Waals surface area contributed by atoms with Crippen LogP contribution in [0.4, 0.5) is 0 Å². The van der Waals surface area contributed by atoms with Gasteiger partial charge >= 0.3 is 5.97 Å². The summed E-state index contributed by atoms with van der Waals surface area (Å²) in [6.45, 7) is 3.46. The van der Waals surface area contributed by atoms with Crippen molar-refractivity contribution in [2.24, 2.45) is 5.92 Å². The number of nitrogens with zero attached hydrogens (tertiary/aromatic N) is 1. The fourth-order valence-corrected chi connectivity index (χ4v) is 2.63. The van der Waals surface area contributed by atoms with E-state index in [0.717, 1.165) is 12.1 Å². The summed E-state index contributed by atoms with van der Waals surface area (Å²) in [5.41, 5.74) is 1.07. The van der Waals surface area contributed by atoms with E-state index < -0.39 is 5.97 Å². The Bertz CT molecular complexity index is 464. The van der Waals surface area contributed by atoms with E-state index in [0.29, 0.717) is 23.0 Å². The molecule has 0 aliphatic carbocycles. The van der Waals surface area contributed by atoms with Crippen LogP contribution in [0.15, 0.2) is 18.2 Å². The molecule has 1 N–H and O–H groups in total. The maximum atomic E-state index is 10.9. The SMILES string of the molecule is C[C@H](c1ccc(Cl)c(Cl)c1)N1CC[C@@H](C(=O)O)C1. The van der Waals surface area contributed by atoms with Gasteiger partial charge < -0.3 is 5.11 Å². The molecule has 1 aromatic carbocycles. The summed E-state index contributed by atoms with van der Waals surface area (Å²) in [7, 11) is 0. The van der Waals surface area contributed by atoms with Gasteiger partial charge in [0, 0.05) is 12.6 Å². The molecule has 0 bridgehead atoms. The Kier molecular flexibility index (Phi) is 4.15. The Hall–Kier alpha value is -0.770. The van der Waals surface area contributed by atoms with Crippen molar-refractivity contribution >= 4 is 29.2 Å². The molecule has 2 atom stereocenters. The summed E-state index contributed by atoms with van der Waals surface area (Å²) in [6.07, 6.45) is 0.709. The number of hydrogen-bond acceptors (Lipinski definition) is 2. The Morgan fingerprint density at radius 3 is 2.72 bits per heavy atom. The van der Waals surface area contributed by atoms with Crippen LogP contribution in [0.3, 0.4) is 0 Å². The van der Waals surface area contributed by atoms with Gasteiger partial charge in [-0.05, 0) is 37.6 Å². The Balaban J connectivity index is 2.10. The van der Waals surface area contributed by atoms with Gasteiger partial charge in [0.25, 0.3) is 0 Å². The number of carboxylic acids is 1. The van der Waals surface area contributed by atoms with Crippen molar-refractivity contribution in [2.75, 3.05) is 13.1 Å². The largest absolute Gasteiger partial charge is 0.481 e. The minimum Gasteiger partial charge on any atom is -0.481 e. The lowest BCUT2D eigenvalue weighted by atomic mass is 10.1. The van der Waals surface area contributed by atoms with Crippen LogP contribution in [0.25, 0.3) is 0 Å². The number of halogens is 2. The standard InChI is InChI=1S/C13H15Cl2NO2/c1-8(9-2-3-11(14)12(15)6-9)16-5-4-10(7-16)13(17)18/h2-3,6,8,10H,4-5,7H2,1H3,(H,17,18)/t8-,10-/m1/s1. The molecular weight excluding hydrogens is 273 g/mol.